The smallest absolute Gasteiger partial charge is 0.341 e. The maximum Gasteiger partial charge on any atom is 0.341 e. The summed E-state index contributed by atoms with van der Waals surface area (Å²) >= 11 is 0. The predicted molar refractivity (Wildman–Crippen MR) is 98.9 cm³/mol. The van der Waals surface area contributed by atoms with E-state index in [2.05, 4.69) is 0 Å². The summed E-state index contributed by atoms with van der Waals surface area (Å²) in [7, 11) is 0. The van der Waals surface area contributed by atoms with Crippen molar-refractivity contribution in [1.29, 1.82) is 0 Å². The first kappa shape index (κ1) is 17.7. The van der Waals surface area contributed by atoms with Gasteiger partial charge in [-0.15, -0.1) is 0 Å². The van der Waals surface area contributed by atoms with Crippen LogP contribution >= 0.6 is 0 Å². The van der Waals surface area contributed by atoms with Crippen LogP contribution in [0.25, 0.3) is 11.0 Å². The molecule has 1 N–H and O–H groups in total. The normalized spacial score (nSPS) is 10.8. The molecule has 0 unspecified atom stereocenters. The van der Waals surface area contributed by atoms with Gasteiger partial charge in [-0.3, -0.25) is 0 Å². The van der Waals surface area contributed by atoms with Crippen LogP contribution in [-0.4, -0.2) is 17.7 Å². The van der Waals surface area contributed by atoms with E-state index < -0.39 is 12.6 Å². The molecule has 0 fully saturated rings. The van der Waals surface area contributed by atoms with Gasteiger partial charge in [-0.1, -0.05) is 30.3 Å². The molecule has 0 aliphatic rings. The third-order valence-electron chi connectivity index (χ3n) is 4.34. The standard InChI is InChI=1S/C21H20O5/c1-13-10-17(25-12-19(22)23)20-14(2)16(21(24)26-18(20)11-13)9-8-15-6-4-3-5-7-15/h3-7,10-11H,8-9,12H2,1-2H3,(H,22,23). The minimum atomic E-state index is -1.06. The van der Waals surface area contributed by atoms with E-state index in [9.17, 15) is 9.59 Å². The highest BCUT2D eigenvalue weighted by atomic mass is 16.5. The molecule has 2 aromatic carbocycles. The Morgan fingerprint density at radius 3 is 2.54 bits per heavy atom. The predicted octanol–water partition coefficient (Wildman–Crippen LogP) is 3.66. The van der Waals surface area contributed by atoms with Crippen LogP contribution in [0.5, 0.6) is 5.75 Å². The summed E-state index contributed by atoms with van der Waals surface area (Å²) in [5.41, 5.74) is 3.38. The minimum absolute atomic E-state index is 0.360. The topological polar surface area (TPSA) is 76.7 Å². The van der Waals surface area contributed by atoms with E-state index in [1.807, 2.05) is 44.2 Å². The number of hydrogen-bond acceptors (Lipinski definition) is 4. The minimum Gasteiger partial charge on any atom is -0.481 e. The van der Waals surface area contributed by atoms with Crippen molar-refractivity contribution in [2.45, 2.75) is 26.7 Å². The van der Waals surface area contributed by atoms with Crippen LogP contribution in [0.4, 0.5) is 0 Å². The number of rotatable bonds is 6. The fourth-order valence-electron chi connectivity index (χ4n) is 3.09. The van der Waals surface area contributed by atoms with Crippen molar-refractivity contribution in [3.05, 3.63) is 75.1 Å². The first-order chi connectivity index (χ1) is 12.5. The molecular formula is C21H20O5. The Balaban J connectivity index is 2.04. The summed E-state index contributed by atoms with van der Waals surface area (Å²) in [6.45, 7) is 3.24. The second-order valence-electron chi connectivity index (χ2n) is 6.30. The number of ether oxygens (including phenoxy) is 1. The molecule has 26 heavy (non-hydrogen) atoms. The van der Waals surface area contributed by atoms with Crippen LogP contribution in [0.1, 0.15) is 22.3 Å². The lowest BCUT2D eigenvalue weighted by Crippen LogP contribution is -2.13. The fraction of sp³-hybridized carbons (Fsp3) is 0.238. The zero-order valence-electron chi connectivity index (χ0n) is 14.7. The van der Waals surface area contributed by atoms with Gasteiger partial charge < -0.3 is 14.3 Å². The highest BCUT2D eigenvalue weighted by Crippen LogP contribution is 2.31. The zero-order valence-corrected chi connectivity index (χ0v) is 14.7. The van der Waals surface area contributed by atoms with Crippen molar-refractivity contribution >= 4 is 16.9 Å². The van der Waals surface area contributed by atoms with Gasteiger partial charge in [0, 0.05) is 5.56 Å². The van der Waals surface area contributed by atoms with Crippen LogP contribution in [0.15, 0.2) is 51.7 Å². The summed E-state index contributed by atoms with van der Waals surface area (Å²) in [5, 5.41) is 9.55. The van der Waals surface area contributed by atoms with Crippen LogP contribution in [0, 0.1) is 13.8 Å². The van der Waals surface area contributed by atoms with Gasteiger partial charge in [-0.05, 0) is 55.5 Å². The summed E-state index contributed by atoms with van der Waals surface area (Å²) in [5.74, 6) is -0.636. The van der Waals surface area contributed by atoms with E-state index in [0.717, 1.165) is 23.1 Å². The molecule has 0 saturated heterocycles. The quantitative estimate of drug-likeness (QED) is 0.685. The van der Waals surface area contributed by atoms with Crippen molar-refractivity contribution in [1.82, 2.24) is 0 Å². The molecule has 0 bridgehead atoms. The van der Waals surface area contributed by atoms with Crippen LogP contribution < -0.4 is 10.4 Å². The third kappa shape index (κ3) is 3.77. The molecule has 0 amide bonds. The van der Waals surface area contributed by atoms with E-state index >= 15 is 0 Å². The van der Waals surface area contributed by atoms with Gasteiger partial charge >= 0.3 is 11.6 Å². The molecule has 1 heterocycles. The Morgan fingerprint density at radius 1 is 1.12 bits per heavy atom. The summed E-state index contributed by atoms with van der Waals surface area (Å²) in [4.78, 5) is 23.3. The number of benzene rings is 2. The number of carboxylic acids is 1. The van der Waals surface area contributed by atoms with Crippen LogP contribution in [0.3, 0.4) is 0 Å². The largest absolute Gasteiger partial charge is 0.481 e. The molecule has 0 aliphatic carbocycles. The molecule has 3 aromatic rings. The van der Waals surface area contributed by atoms with E-state index in [4.69, 9.17) is 14.3 Å². The maximum atomic E-state index is 12.5. The second-order valence-corrected chi connectivity index (χ2v) is 6.30. The Hall–Kier alpha value is -3.08. The van der Waals surface area contributed by atoms with Crippen LogP contribution in [0.2, 0.25) is 0 Å². The van der Waals surface area contributed by atoms with Gasteiger partial charge in [0.25, 0.3) is 0 Å². The summed E-state index contributed by atoms with van der Waals surface area (Å²) < 4.78 is 10.9. The van der Waals surface area contributed by atoms with Crippen molar-refractivity contribution in [3.63, 3.8) is 0 Å². The van der Waals surface area contributed by atoms with E-state index in [0.29, 0.717) is 28.7 Å². The zero-order chi connectivity index (χ0) is 18.7. The lowest BCUT2D eigenvalue weighted by molar-refractivity contribution is -0.139. The summed E-state index contributed by atoms with van der Waals surface area (Å²) in [6.07, 6.45) is 1.26. The molecule has 0 atom stereocenters. The van der Waals surface area contributed by atoms with Crippen molar-refractivity contribution in [2.75, 3.05) is 6.61 Å². The highest BCUT2D eigenvalue weighted by molar-refractivity contribution is 5.88. The maximum absolute atomic E-state index is 12.5. The molecule has 0 radical (unpaired) electrons. The first-order valence-electron chi connectivity index (χ1n) is 8.41. The van der Waals surface area contributed by atoms with Crippen molar-refractivity contribution < 1.29 is 19.1 Å². The molecule has 0 aliphatic heterocycles. The molecule has 5 heteroatoms. The number of fused-ring (bicyclic) bond motifs is 1. The molecule has 5 nitrogen and oxygen atoms in total. The Morgan fingerprint density at radius 2 is 1.85 bits per heavy atom. The number of carbonyl (C=O) groups is 1. The SMILES string of the molecule is Cc1cc(OCC(=O)O)c2c(C)c(CCc3ccccc3)c(=O)oc2c1. The number of aliphatic carboxylic acids is 1. The average Bonchev–Trinajstić information content (AvgIpc) is 2.59. The molecular weight excluding hydrogens is 332 g/mol. The third-order valence-corrected chi connectivity index (χ3v) is 4.34. The van der Waals surface area contributed by atoms with Gasteiger partial charge in [-0.2, -0.15) is 0 Å². The fourth-order valence-corrected chi connectivity index (χ4v) is 3.09. The lowest BCUT2D eigenvalue weighted by atomic mass is 9.98. The average molecular weight is 352 g/mol. The number of aryl methyl sites for hydroxylation is 3. The van der Waals surface area contributed by atoms with E-state index in [1.54, 1.807) is 12.1 Å². The first-order valence-corrected chi connectivity index (χ1v) is 8.41. The molecule has 0 saturated carbocycles. The van der Waals surface area contributed by atoms with Gasteiger partial charge in [0.1, 0.15) is 11.3 Å². The Kier molecular flexibility index (Phi) is 5.07. The van der Waals surface area contributed by atoms with Gasteiger partial charge in [0.2, 0.25) is 0 Å². The van der Waals surface area contributed by atoms with E-state index in [-0.39, 0.29) is 5.63 Å². The molecule has 1 aromatic heterocycles. The van der Waals surface area contributed by atoms with Crippen molar-refractivity contribution in [2.24, 2.45) is 0 Å². The molecule has 3 rings (SSSR count). The number of carboxylic acid groups (broad SMARTS) is 1. The highest BCUT2D eigenvalue weighted by Gasteiger charge is 2.16. The lowest BCUT2D eigenvalue weighted by Gasteiger charge is -2.13. The molecule has 134 valence electrons. The van der Waals surface area contributed by atoms with E-state index in [1.165, 1.54) is 0 Å². The van der Waals surface area contributed by atoms with Gasteiger partial charge in [0.15, 0.2) is 6.61 Å². The van der Waals surface area contributed by atoms with Crippen molar-refractivity contribution in [3.8, 4) is 5.75 Å². The second kappa shape index (κ2) is 7.44. The molecule has 0 spiro atoms. The van der Waals surface area contributed by atoms with Crippen LogP contribution in [-0.2, 0) is 17.6 Å². The number of hydrogen-bond donors (Lipinski definition) is 1. The summed E-state index contributed by atoms with van der Waals surface area (Å²) in [6, 6.07) is 13.4. The van der Waals surface area contributed by atoms with Gasteiger partial charge in [-0.25, -0.2) is 9.59 Å². The van der Waals surface area contributed by atoms with Gasteiger partial charge in [0.05, 0.1) is 5.39 Å². The Bertz CT molecular complexity index is 1000. The Labute approximate surface area is 150 Å². The monoisotopic (exact) mass is 352 g/mol.